The van der Waals surface area contributed by atoms with E-state index in [9.17, 15) is 4.11 Å². The van der Waals surface area contributed by atoms with Crippen molar-refractivity contribution in [3.63, 3.8) is 0 Å². The van der Waals surface area contributed by atoms with E-state index >= 15 is 0 Å². The summed E-state index contributed by atoms with van der Waals surface area (Å²) in [6.07, 6.45) is 0. The summed E-state index contributed by atoms with van der Waals surface area (Å²) >= 11 is 3.44. The van der Waals surface area contributed by atoms with Gasteiger partial charge in [-0.15, -0.1) is 22.7 Å². The molecular weight excluding hydrogens is 1510 g/mol. The second-order valence-electron chi connectivity index (χ2n) is 29.2. The molecule has 0 aliphatic rings. The molecule has 0 saturated carbocycles. The molecule has 0 aliphatic carbocycles. The Morgan fingerprint density at radius 1 is 0.225 bits per heavy atom. The molecule has 0 saturated heterocycles. The zero-order valence-electron chi connectivity index (χ0n) is 78.9. The molecule has 0 N–H and O–H groups in total. The van der Waals surface area contributed by atoms with Gasteiger partial charge >= 0.3 is 0 Å². The smallest absolute Gasteiger partial charge is 0.238 e. The molecule has 120 heavy (non-hydrogen) atoms. The van der Waals surface area contributed by atoms with Gasteiger partial charge in [0.1, 0.15) is 22.3 Å². The summed E-state index contributed by atoms with van der Waals surface area (Å²) in [6, 6.07) is 88.8. The number of furan rings is 2. The summed E-state index contributed by atoms with van der Waals surface area (Å²) in [5.41, 5.74) is 11.5. The first kappa shape index (κ1) is 54.3. The van der Waals surface area contributed by atoms with Crippen molar-refractivity contribution in [1.82, 2.24) is 39.0 Å². The zero-order valence-corrected chi connectivity index (χ0v) is 64.6. The van der Waals surface area contributed by atoms with Gasteiger partial charge in [0, 0.05) is 106 Å². The molecule has 0 spiro atoms. The molecule has 0 radical (unpaired) electrons. The van der Waals surface area contributed by atoms with Gasteiger partial charge in [-0.05, 0) is 159 Å². The highest BCUT2D eigenvalue weighted by Crippen LogP contribution is 2.46. The summed E-state index contributed by atoms with van der Waals surface area (Å²) in [7, 11) is 0. The number of benzene rings is 17. The minimum Gasteiger partial charge on any atom is -0.456 e. The fraction of sp³-hybridized carbons (Fsp3) is 0. The van der Waals surface area contributed by atoms with Gasteiger partial charge in [-0.25, -0.2) is 9.97 Å². The van der Waals surface area contributed by atoms with E-state index in [1.807, 2.05) is 174 Å². The highest BCUT2D eigenvalue weighted by Gasteiger charge is 2.25. The minimum atomic E-state index is -0.693. The van der Waals surface area contributed by atoms with Crippen LogP contribution in [0.2, 0.25) is 0 Å². The Hall–Kier alpha value is -15.6. The molecule has 0 bridgehead atoms. The van der Waals surface area contributed by atoms with Crippen molar-refractivity contribution in [3.8, 4) is 113 Å². The average Bonchev–Trinajstić information content (AvgIpc) is 1.54. The lowest BCUT2D eigenvalue weighted by Gasteiger charge is -2.13. The highest BCUT2D eigenvalue weighted by atomic mass is 32.1. The molecule has 0 unspecified atom stereocenters. The van der Waals surface area contributed by atoms with Crippen molar-refractivity contribution in [1.29, 1.82) is 0 Å². The number of thiophene rings is 2. The van der Waals surface area contributed by atoms with E-state index in [0.717, 1.165) is 108 Å². The van der Waals surface area contributed by atoms with Crippen LogP contribution in [0, 0.1) is 0 Å². The maximum Gasteiger partial charge on any atom is 0.238 e. The topological polar surface area (TPSA) is 113 Å². The molecule has 8 aromatic heterocycles. The molecule has 10 nitrogen and oxygen atoms in total. The number of nitrogens with zero attached hydrogens (tertiary/aromatic N) is 8. The van der Waals surface area contributed by atoms with Crippen LogP contribution in [0.25, 0.3) is 241 Å². The lowest BCUT2D eigenvalue weighted by atomic mass is 9.96. The second-order valence-corrected chi connectivity index (χ2v) is 31.3. The van der Waals surface area contributed by atoms with Gasteiger partial charge in [-0.3, -0.25) is 9.13 Å². The van der Waals surface area contributed by atoms with Crippen LogP contribution in [0.5, 0.6) is 0 Å². The summed E-state index contributed by atoms with van der Waals surface area (Å²) in [5, 5.41) is 9.72. The Morgan fingerprint density at radius 2 is 0.683 bits per heavy atom. The van der Waals surface area contributed by atoms with Crippen LogP contribution in [0.15, 0.2) is 397 Å². The summed E-state index contributed by atoms with van der Waals surface area (Å²) in [4.78, 5) is 31.0. The third-order valence-corrected chi connectivity index (χ3v) is 24.5. The largest absolute Gasteiger partial charge is 0.456 e. The van der Waals surface area contributed by atoms with Crippen molar-refractivity contribution in [3.05, 3.63) is 388 Å². The van der Waals surface area contributed by atoms with Crippen molar-refractivity contribution in [2.75, 3.05) is 0 Å². The SMILES string of the molecule is [2H]c1c([2H])c([2H])c(-c2c([2H])c([2H])c([2H])c3oc4c([2H])c(-c5nc(-c6cc(-c7ccccc7)cc(-c7ccccc7)c6)nc(-n6c7ccccc7c7cc8c(cc76)sc6ccccc68)n5)c([2H])c([2H])c4c23)c([2H])c1[2H].[2H]c1c([2H])c([2H])c(-c2cccc3oc4cc(-c5nc(-c6ccc(-c7ccccc7)cc6)nc(-n6c7ccccc7c7cc8c(cc76)sc6ccccc68)n5)ccc4c23)c([2H])c1[2H]. The summed E-state index contributed by atoms with van der Waals surface area (Å²) in [5.74, 6) is 1.63. The monoisotopic (exact) mass is 1580 g/mol. The van der Waals surface area contributed by atoms with Crippen LogP contribution in [-0.4, -0.2) is 39.0 Å². The van der Waals surface area contributed by atoms with Crippen LogP contribution < -0.4 is 0 Å². The minimum absolute atomic E-state index is 0.123. The quantitative estimate of drug-likeness (QED) is 0.126. The fourth-order valence-corrected chi connectivity index (χ4v) is 18.9. The van der Waals surface area contributed by atoms with E-state index in [2.05, 4.69) is 114 Å². The molecule has 0 atom stereocenters. The first-order chi connectivity index (χ1) is 66.1. The molecular formula is C108H64N8O2S2. The predicted molar refractivity (Wildman–Crippen MR) is 498 cm³/mol. The van der Waals surface area contributed by atoms with Gasteiger partial charge < -0.3 is 8.83 Å². The highest BCUT2D eigenvalue weighted by molar-refractivity contribution is 7.26. The van der Waals surface area contributed by atoms with Crippen molar-refractivity contribution in [2.24, 2.45) is 0 Å². The molecule has 0 amide bonds. The van der Waals surface area contributed by atoms with Gasteiger partial charge in [-0.1, -0.05) is 285 Å². The number of hydrogen-bond acceptors (Lipinski definition) is 10. The first-order valence-electron chi connectivity index (χ1n) is 46.8. The van der Waals surface area contributed by atoms with E-state index in [1.165, 1.54) is 20.2 Å². The van der Waals surface area contributed by atoms with Gasteiger partial charge in [0.25, 0.3) is 0 Å². The second kappa shape index (κ2) is 28.1. The van der Waals surface area contributed by atoms with E-state index in [4.69, 9.17) is 56.6 Å². The molecule has 8 heterocycles. The van der Waals surface area contributed by atoms with Crippen LogP contribution in [0.3, 0.4) is 0 Å². The first-order valence-corrected chi connectivity index (χ1v) is 40.4. The van der Waals surface area contributed by atoms with E-state index in [0.29, 0.717) is 50.8 Å². The van der Waals surface area contributed by atoms with E-state index < -0.39 is 78.1 Å². The van der Waals surface area contributed by atoms with E-state index in [1.54, 1.807) is 34.8 Å². The van der Waals surface area contributed by atoms with Gasteiger partial charge in [-0.2, -0.15) is 19.9 Å². The van der Waals surface area contributed by atoms with Gasteiger partial charge in [0.15, 0.2) is 23.3 Å². The van der Waals surface area contributed by atoms with Crippen molar-refractivity contribution < 1.29 is 30.8 Å². The number of fused-ring (bicyclic) bond motifs is 18. The number of rotatable bonds is 11. The Morgan fingerprint density at radius 3 is 1.27 bits per heavy atom. The Balaban J connectivity index is 0.000000151. The van der Waals surface area contributed by atoms with Gasteiger partial charge in [0.2, 0.25) is 11.9 Å². The van der Waals surface area contributed by atoms with Crippen molar-refractivity contribution >= 4 is 151 Å². The molecule has 0 fully saturated rings. The Kier molecular flexibility index (Phi) is 12.7. The van der Waals surface area contributed by atoms with Crippen LogP contribution >= 0.6 is 22.7 Å². The zero-order chi connectivity index (χ0) is 92.8. The summed E-state index contributed by atoms with van der Waals surface area (Å²) in [6.45, 7) is 0. The summed E-state index contributed by atoms with van der Waals surface area (Å²) < 4.78 is 163. The third kappa shape index (κ3) is 11.7. The van der Waals surface area contributed by atoms with Crippen LogP contribution in [0.4, 0.5) is 0 Å². The molecule has 25 rings (SSSR count). The Bertz CT molecular complexity index is 9360. The molecule has 12 heteroatoms. The Labute approximate surface area is 717 Å². The molecule has 0 aliphatic heterocycles. The predicted octanol–water partition coefficient (Wildman–Crippen LogP) is 29.5. The molecule has 560 valence electrons. The average molecular weight is 1590 g/mol. The normalized spacial score (nSPS) is 13.7. The standard InChI is InChI=1S/C57H34N4OS.C51H30N4OS/c1-4-15-35(16-5-1)39-29-40(36-17-6-2-7-18-36)31-41(30-39)56-58-55(38-27-28-45-51(32-38)62-50-25-14-23-42(54(45)50)37-19-8-3-9-20-37)59-57(60-56)61-48-24-12-10-21-43(48)46-33-47-44-22-11-13-26-52(44)63-53(47)34-49(46)61;1-3-12-31(13-4-1)32-22-24-34(25-23-32)49-52-50(35-26-27-39-45(28-35)56-44-20-11-18-36(48(39)44)33-14-5-2-6-15-33)54-51(53-49)55-42-19-9-7-16-37(42)40-29-41-38-17-8-10-21-46(38)57-47(41)30-43(40)55/h1-34H;1-30H/i3D,8D,9D,14D,19D,20D,23D,25D,27D,28D,32D;2D,5D,6D,14D,15D. The molecule has 17 aromatic carbocycles. The van der Waals surface area contributed by atoms with Gasteiger partial charge in [0.05, 0.1) is 44.0 Å². The maximum absolute atomic E-state index is 9.88. The lowest BCUT2D eigenvalue weighted by Crippen LogP contribution is -2.06. The van der Waals surface area contributed by atoms with Crippen molar-refractivity contribution in [2.45, 2.75) is 0 Å². The maximum atomic E-state index is 9.88. The number of hydrogen-bond donors (Lipinski definition) is 0. The lowest BCUT2D eigenvalue weighted by molar-refractivity contribution is 0.668. The number of para-hydroxylation sites is 2. The van der Waals surface area contributed by atoms with Crippen LogP contribution in [0.1, 0.15) is 21.9 Å². The third-order valence-electron chi connectivity index (χ3n) is 22.2. The van der Waals surface area contributed by atoms with Crippen LogP contribution in [-0.2, 0) is 0 Å². The van der Waals surface area contributed by atoms with E-state index in [-0.39, 0.29) is 80.4 Å². The molecule has 25 aromatic rings. The fourth-order valence-electron chi connectivity index (χ4n) is 16.7. The number of aromatic nitrogens is 8.